The summed E-state index contributed by atoms with van der Waals surface area (Å²) in [5, 5.41) is 7.63. The van der Waals surface area contributed by atoms with E-state index in [4.69, 9.17) is 4.52 Å². The Morgan fingerprint density at radius 3 is 2.83 bits per heavy atom. The van der Waals surface area contributed by atoms with Crippen molar-refractivity contribution in [3.05, 3.63) is 5.89 Å². The van der Waals surface area contributed by atoms with Gasteiger partial charge in [-0.05, 0) is 43.3 Å². The topological polar surface area (TPSA) is 54.2 Å². The van der Waals surface area contributed by atoms with Crippen molar-refractivity contribution in [1.29, 1.82) is 0 Å². The van der Waals surface area contributed by atoms with Gasteiger partial charge in [-0.3, -0.25) is 0 Å². The van der Waals surface area contributed by atoms with Gasteiger partial charge in [-0.15, -0.1) is 0 Å². The second kappa shape index (κ2) is 5.26. The molecule has 1 N–H and O–H groups in total. The minimum absolute atomic E-state index is 0.516. The van der Waals surface area contributed by atoms with Crippen LogP contribution in [-0.4, -0.2) is 35.8 Å². The van der Waals surface area contributed by atoms with Crippen molar-refractivity contribution in [2.45, 2.75) is 45.1 Å². The highest BCUT2D eigenvalue weighted by Gasteiger charge is 2.32. The van der Waals surface area contributed by atoms with Crippen LogP contribution in [0.15, 0.2) is 4.52 Å². The minimum Gasteiger partial charge on any atom is -0.338 e. The van der Waals surface area contributed by atoms with Crippen LogP contribution in [0.3, 0.4) is 0 Å². The molecule has 1 saturated carbocycles. The Morgan fingerprint density at radius 2 is 2.17 bits per heavy atom. The van der Waals surface area contributed by atoms with Crippen LogP contribution < -0.4 is 10.2 Å². The van der Waals surface area contributed by atoms with Gasteiger partial charge in [-0.2, -0.15) is 4.98 Å². The second-order valence-electron chi connectivity index (χ2n) is 5.39. The molecule has 5 heteroatoms. The first kappa shape index (κ1) is 12.0. The molecule has 2 heterocycles. The highest BCUT2D eigenvalue weighted by molar-refractivity contribution is 5.28. The van der Waals surface area contributed by atoms with Crippen LogP contribution in [-0.2, 0) is 6.42 Å². The summed E-state index contributed by atoms with van der Waals surface area (Å²) in [6.07, 6.45) is 6.03. The molecule has 1 saturated heterocycles. The third-order valence-electron chi connectivity index (χ3n) is 3.90. The lowest BCUT2D eigenvalue weighted by Crippen LogP contribution is -2.33. The predicted molar refractivity (Wildman–Crippen MR) is 69.6 cm³/mol. The summed E-state index contributed by atoms with van der Waals surface area (Å²) in [6.45, 7) is 5.30. The smallest absolute Gasteiger partial charge is 0.266 e. The highest BCUT2D eigenvalue weighted by atomic mass is 16.5. The monoisotopic (exact) mass is 250 g/mol. The van der Waals surface area contributed by atoms with E-state index < -0.39 is 0 Å². The Hall–Kier alpha value is -1.10. The zero-order valence-electron chi connectivity index (χ0n) is 11.1. The predicted octanol–water partition coefficient (Wildman–Crippen LogP) is 1.60. The van der Waals surface area contributed by atoms with Crippen LogP contribution in [0.2, 0.25) is 0 Å². The molecule has 5 nitrogen and oxygen atoms in total. The molecule has 18 heavy (non-hydrogen) atoms. The maximum atomic E-state index is 5.39. The summed E-state index contributed by atoms with van der Waals surface area (Å²) in [7, 11) is 0. The Balaban J connectivity index is 1.61. The summed E-state index contributed by atoms with van der Waals surface area (Å²) in [5.74, 6) is 2.38. The molecule has 1 aromatic heterocycles. The number of nitrogens with one attached hydrogen (secondary N) is 1. The summed E-state index contributed by atoms with van der Waals surface area (Å²) in [5.41, 5.74) is 0. The Labute approximate surface area is 108 Å². The van der Waals surface area contributed by atoms with Gasteiger partial charge in [0.2, 0.25) is 5.89 Å². The number of likely N-dealkylation sites (N-methyl/N-ethyl adjacent to an activating group) is 1. The molecule has 100 valence electrons. The van der Waals surface area contributed by atoms with E-state index in [1.807, 2.05) is 0 Å². The third-order valence-corrected chi connectivity index (χ3v) is 3.90. The van der Waals surface area contributed by atoms with Crippen LogP contribution in [0.5, 0.6) is 0 Å². The van der Waals surface area contributed by atoms with E-state index in [0.29, 0.717) is 6.04 Å². The fourth-order valence-electron chi connectivity index (χ4n) is 2.73. The van der Waals surface area contributed by atoms with Crippen LogP contribution in [0.1, 0.15) is 38.5 Å². The molecule has 3 rings (SSSR count). The quantitative estimate of drug-likeness (QED) is 0.831. The number of hydrogen-bond acceptors (Lipinski definition) is 5. The zero-order chi connectivity index (χ0) is 12.4. The fraction of sp³-hybridized carbons (Fsp3) is 0.846. The van der Waals surface area contributed by atoms with Gasteiger partial charge in [-0.1, -0.05) is 6.92 Å². The van der Waals surface area contributed by atoms with Crippen LogP contribution in [0, 0.1) is 5.92 Å². The Morgan fingerprint density at radius 1 is 1.39 bits per heavy atom. The van der Waals surface area contributed by atoms with E-state index in [1.54, 1.807) is 0 Å². The molecule has 2 aliphatic rings. The molecular weight excluding hydrogens is 228 g/mol. The average Bonchev–Trinajstić information content (AvgIpc) is 2.90. The SMILES string of the molecule is CCNC(Cc1nc(N2CCCC2)no1)C1CC1. The molecule has 1 aliphatic carbocycles. The van der Waals surface area contributed by atoms with E-state index >= 15 is 0 Å². The first-order valence-corrected chi connectivity index (χ1v) is 7.17. The maximum Gasteiger partial charge on any atom is 0.266 e. The Bertz CT molecular complexity index is 382. The van der Waals surface area contributed by atoms with Gasteiger partial charge in [0.05, 0.1) is 0 Å². The summed E-state index contributed by atoms with van der Waals surface area (Å²) in [6, 6.07) is 0.516. The molecule has 1 unspecified atom stereocenters. The summed E-state index contributed by atoms with van der Waals surface area (Å²) < 4.78 is 5.39. The number of hydrogen-bond donors (Lipinski definition) is 1. The lowest BCUT2D eigenvalue weighted by atomic mass is 10.1. The molecular formula is C13H22N4O. The lowest BCUT2D eigenvalue weighted by Gasteiger charge is -2.14. The molecule has 1 atom stereocenters. The number of aromatic nitrogens is 2. The van der Waals surface area contributed by atoms with Crippen molar-refractivity contribution in [1.82, 2.24) is 15.5 Å². The molecule has 1 aliphatic heterocycles. The van der Waals surface area contributed by atoms with Crippen molar-refractivity contribution < 1.29 is 4.52 Å². The summed E-state index contributed by atoms with van der Waals surface area (Å²) >= 11 is 0. The molecule has 0 spiro atoms. The second-order valence-corrected chi connectivity index (χ2v) is 5.39. The van der Waals surface area contributed by atoms with E-state index in [0.717, 1.165) is 43.8 Å². The summed E-state index contributed by atoms with van der Waals surface area (Å²) in [4.78, 5) is 6.75. The van der Waals surface area contributed by atoms with Crippen LogP contribution in [0.25, 0.3) is 0 Å². The van der Waals surface area contributed by atoms with E-state index in [2.05, 4.69) is 27.3 Å². The highest BCUT2D eigenvalue weighted by Crippen LogP contribution is 2.34. The van der Waals surface area contributed by atoms with Gasteiger partial charge in [0, 0.05) is 25.6 Å². The molecule has 0 amide bonds. The van der Waals surface area contributed by atoms with Crippen molar-refractivity contribution in [2.24, 2.45) is 5.92 Å². The Kier molecular flexibility index (Phi) is 3.50. The van der Waals surface area contributed by atoms with E-state index in [1.165, 1.54) is 25.7 Å². The van der Waals surface area contributed by atoms with Crippen LogP contribution >= 0.6 is 0 Å². The fourth-order valence-corrected chi connectivity index (χ4v) is 2.73. The van der Waals surface area contributed by atoms with Crippen LogP contribution in [0.4, 0.5) is 5.95 Å². The number of nitrogens with zero attached hydrogens (tertiary/aromatic N) is 3. The minimum atomic E-state index is 0.516. The zero-order valence-corrected chi connectivity index (χ0v) is 11.1. The molecule has 1 aromatic rings. The van der Waals surface area contributed by atoms with Crippen molar-refractivity contribution in [3.63, 3.8) is 0 Å². The van der Waals surface area contributed by atoms with E-state index in [-0.39, 0.29) is 0 Å². The molecule has 2 fully saturated rings. The van der Waals surface area contributed by atoms with Gasteiger partial charge < -0.3 is 14.7 Å². The molecule has 0 aromatic carbocycles. The van der Waals surface area contributed by atoms with Gasteiger partial charge in [-0.25, -0.2) is 0 Å². The van der Waals surface area contributed by atoms with Crippen molar-refractivity contribution in [2.75, 3.05) is 24.5 Å². The molecule has 0 radical (unpaired) electrons. The standard InChI is InChI=1S/C13H22N4O/c1-2-14-11(10-5-6-10)9-12-15-13(16-18-12)17-7-3-4-8-17/h10-11,14H,2-9H2,1H3. The van der Waals surface area contributed by atoms with Crippen molar-refractivity contribution in [3.8, 4) is 0 Å². The average molecular weight is 250 g/mol. The van der Waals surface area contributed by atoms with Crippen molar-refractivity contribution >= 4 is 5.95 Å². The van der Waals surface area contributed by atoms with Gasteiger partial charge in [0.1, 0.15) is 0 Å². The normalized spacial score (nSPS) is 21.5. The largest absolute Gasteiger partial charge is 0.338 e. The molecule has 0 bridgehead atoms. The first-order valence-electron chi connectivity index (χ1n) is 7.17. The number of anilines is 1. The third kappa shape index (κ3) is 2.66. The van der Waals surface area contributed by atoms with E-state index in [9.17, 15) is 0 Å². The lowest BCUT2D eigenvalue weighted by molar-refractivity contribution is 0.347. The van der Waals surface area contributed by atoms with Gasteiger partial charge >= 0.3 is 0 Å². The van der Waals surface area contributed by atoms with Gasteiger partial charge in [0.15, 0.2) is 0 Å². The maximum absolute atomic E-state index is 5.39. The number of rotatable bonds is 6. The van der Waals surface area contributed by atoms with Gasteiger partial charge in [0.25, 0.3) is 5.95 Å². The first-order chi connectivity index (χ1) is 8.86.